The Balaban J connectivity index is 2.15. The van der Waals surface area contributed by atoms with Crippen LogP contribution in [0.3, 0.4) is 0 Å². The van der Waals surface area contributed by atoms with Gasteiger partial charge in [0.25, 0.3) is 0 Å². The summed E-state index contributed by atoms with van der Waals surface area (Å²) in [5.41, 5.74) is 1.18. The van der Waals surface area contributed by atoms with Gasteiger partial charge >= 0.3 is 0 Å². The Hall–Kier alpha value is -1.18. The lowest BCUT2D eigenvalue weighted by Gasteiger charge is -2.16. The van der Waals surface area contributed by atoms with Gasteiger partial charge in [-0.2, -0.15) is 0 Å². The number of aliphatic hydroxyl groups is 2. The lowest BCUT2D eigenvalue weighted by atomic mass is 10.1. The molecule has 0 aliphatic rings. The molecule has 6 heteroatoms. The lowest BCUT2D eigenvalue weighted by Crippen LogP contribution is -2.35. The highest BCUT2D eigenvalue weighted by atomic mass is 16.5. The van der Waals surface area contributed by atoms with Crippen molar-refractivity contribution >= 4 is 0 Å². The first-order chi connectivity index (χ1) is 11.5. The number of nitrogens with one attached hydrogen (secondary N) is 1. The van der Waals surface area contributed by atoms with Crippen LogP contribution in [-0.2, 0) is 15.9 Å². The van der Waals surface area contributed by atoms with Crippen LogP contribution in [0, 0.1) is 0 Å². The summed E-state index contributed by atoms with van der Waals surface area (Å²) in [5.74, 6) is 0.705. The first kappa shape index (κ1) is 20.9. The van der Waals surface area contributed by atoms with Crippen LogP contribution in [0.25, 0.3) is 0 Å². The van der Waals surface area contributed by atoms with Crippen molar-refractivity contribution in [3.8, 4) is 5.75 Å². The predicted molar refractivity (Wildman–Crippen MR) is 93.5 cm³/mol. The SMILES string of the molecule is COCCc1ccc(OC[C@H](O)COC[C@@H](O)CNC(C)C)cc1. The largest absolute Gasteiger partial charge is 0.491 e. The molecule has 0 saturated carbocycles. The first-order valence-electron chi connectivity index (χ1n) is 8.39. The van der Waals surface area contributed by atoms with Gasteiger partial charge in [-0.25, -0.2) is 0 Å². The van der Waals surface area contributed by atoms with Gasteiger partial charge < -0.3 is 29.7 Å². The molecule has 0 spiro atoms. The summed E-state index contributed by atoms with van der Waals surface area (Å²) in [4.78, 5) is 0. The molecule has 1 rings (SSSR count). The first-order valence-corrected chi connectivity index (χ1v) is 8.39. The molecular formula is C18H31NO5. The zero-order valence-corrected chi connectivity index (χ0v) is 14.9. The Labute approximate surface area is 144 Å². The van der Waals surface area contributed by atoms with E-state index < -0.39 is 12.2 Å². The minimum absolute atomic E-state index is 0.130. The summed E-state index contributed by atoms with van der Waals surface area (Å²) in [6, 6.07) is 8.03. The summed E-state index contributed by atoms with van der Waals surface area (Å²) in [5, 5.41) is 22.7. The molecule has 0 aliphatic heterocycles. The highest BCUT2D eigenvalue weighted by Gasteiger charge is 2.09. The molecule has 6 nitrogen and oxygen atoms in total. The maximum atomic E-state index is 9.85. The van der Waals surface area contributed by atoms with Crippen molar-refractivity contribution in [2.75, 3.05) is 40.1 Å². The van der Waals surface area contributed by atoms with E-state index in [4.69, 9.17) is 14.2 Å². The summed E-state index contributed by atoms with van der Waals surface area (Å²) in [6.07, 6.45) is -0.454. The van der Waals surface area contributed by atoms with Crippen molar-refractivity contribution in [1.29, 1.82) is 0 Å². The second-order valence-electron chi connectivity index (χ2n) is 6.11. The van der Waals surface area contributed by atoms with Gasteiger partial charge in [0, 0.05) is 19.7 Å². The molecule has 1 aromatic rings. The molecule has 24 heavy (non-hydrogen) atoms. The van der Waals surface area contributed by atoms with Crippen LogP contribution < -0.4 is 10.1 Å². The maximum Gasteiger partial charge on any atom is 0.119 e. The van der Waals surface area contributed by atoms with Gasteiger partial charge in [0.2, 0.25) is 0 Å². The molecule has 0 aromatic heterocycles. The third-order valence-electron chi connectivity index (χ3n) is 3.34. The fourth-order valence-corrected chi connectivity index (χ4v) is 1.98. The highest BCUT2D eigenvalue weighted by molar-refractivity contribution is 5.27. The van der Waals surface area contributed by atoms with E-state index in [9.17, 15) is 10.2 Å². The second-order valence-corrected chi connectivity index (χ2v) is 6.11. The molecule has 0 saturated heterocycles. The zero-order chi connectivity index (χ0) is 17.8. The molecule has 0 bridgehead atoms. The molecular weight excluding hydrogens is 310 g/mol. The molecule has 0 aliphatic carbocycles. The van der Waals surface area contributed by atoms with E-state index in [1.54, 1.807) is 7.11 Å². The van der Waals surface area contributed by atoms with Gasteiger partial charge in [-0.3, -0.25) is 0 Å². The van der Waals surface area contributed by atoms with Gasteiger partial charge in [-0.05, 0) is 24.1 Å². The van der Waals surface area contributed by atoms with Crippen molar-refractivity contribution in [2.45, 2.75) is 38.5 Å². The van der Waals surface area contributed by atoms with E-state index in [0.717, 1.165) is 6.42 Å². The quantitative estimate of drug-likeness (QED) is 0.496. The monoisotopic (exact) mass is 341 g/mol. The molecule has 0 amide bonds. The van der Waals surface area contributed by atoms with Crippen LogP contribution in [0.15, 0.2) is 24.3 Å². The lowest BCUT2D eigenvalue weighted by molar-refractivity contribution is -0.0204. The normalized spacial score (nSPS) is 13.9. The Morgan fingerprint density at radius 2 is 1.67 bits per heavy atom. The van der Waals surface area contributed by atoms with Gasteiger partial charge in [-0.1, -0.05) is 26.0 Å². The standard InChI is InChI=1S/C18H31NO5/c1-14(2)19-10-16(20)11-23-12-17(21)13-24-18-6-4-15(5-7-18)8-9-22-3/h4-7,14,16-17,19-21H,8-13H2,1-3H3/t16-,17+/m0/s1. The van der Waals surface area contributed by atoms with E-state index in [-0.39, 0.29) is 19.8 Å². The average molecular weight is 341 g/mol. The van der Waals surface area contributed by atoms with Crippen molar-refractivity contribution in [1.82, 2.24) is 5.32 Å². The number of hydrogen-bond acceptors (Lipinski definition) is 6. The number of methoxy groups -OCH3 is 1. The summed E-state index contributed by atoms with van der Waals surface area (Å²) in [7, 11) is 1.68. The molecule has 0 fully saturated rings. The Bertz CT molecular complexity index is 424. The van der Waals surface area contributed by atoms with Crippen molar-refractivity contribution in [3.63, 3.8) is 0 Å². The van der Waals surface area contributed by atoms with Crippen molar-refractivity contribution in [2.24, 2.45) is 0 Å². The Kier molecular flexibility index (Phi) is 10.6. The molecule has 0 heterocycles. The van der Waals surface area contributed by atoms with E-state index in [2.05, 4.69) is 5.32 Å². The fraction of sp³-hybridized carbons (Fsp3) is 0.667. The molecule has 0 radical (unpaired) electrons. The topological polar surface area (TPSA) is 80.2 Å². The van der Waals surface area contributed by atoms with Crippen LogP contribution >= 0.6 is 0 Å². The summed E-state index contributed by atoms with van der Waals surface area (Å²) >= 11 is 0. The molecule has 0 unspecified atom stereocenters. The van der Waals surface area contributed by atoms with Crippen LogP contribution in [0.2, 0.25) is 0 Å². The van der Waals surface area contributed by atoms with Crippen molar-refractivity contribution < 1.29 is 24.4 Å². The van der Waals surface area contributed by atoms with Crippen molar-refractivity contribution in [3.05, 3.63) is 29.8 Å². The highest BCUT2D eigenvalue weighted by Crippen LogP contribution is 2.13. The minimum Gasteiger partial charge on any atom is -0.491 e. The van der Waals surface area contributed by atoms with Gasteiger partial charge in [0.1, 0.15) is 18.5 Å². The smallest absolute Gasteiger partial charge is 0.119 e. The second kappa shape index (κ2) is 12.2. The van der Waals surface area contributed by atoms with Crippen LogP contribution in [-0.4, -0.2) is 68.5 Å². The summed E-state index contributed by atoms with van der Waals surface area (Å²) < 4.78 is 15.9. The Morgan fingerprint density at radius 3 is 2.29 bits per heavy atom. The number of hydrogen-bond donors (Lipinski definition) is 3. The molecule has 1 aromatic carbocycles. The van der Waals surface area contributed by atoms with Crippen LogP contribution in [0.5, 0.6) is 5.75 Å². The molecule has 3 N–H and O–H groups in total. The minimum atomic E-state index is -0.733. The van der Waals surface area contributed by atoms with E-state index in [0.29, 0.717) is 24.9 Å². The van der Waals surface area contributed by atoms with E-state index in [1.165, 1.54) is 5.56 Å². The van der Waals surface area contributed by atoms with Gasteiger partial charge in [0.15, 0.2) is 0 Å². The maximum absolute atomic E-state index is 9.85. The average Bonchev–Trinajstić information content (AvgIpc) is 2.57. The van der Waals surface area contributed by atoms with E-state index in [1.807, 2.05) is 38.1 Å². The molecule has 2 atom stereocenters. The predicted octanol–water partition coefficient (Wildman–Crippen LogP) is 0.991. The van der Waals surface area contributed by atoms with Gasteiger partial charge in [-0.15, -0.1) is 0 Å². The van der Waals surface area contributed by atoms with E-state index >= 15 is 0 Å². The van der Waals surface area contributed by atoms with Gasteiger partial charge in [0.05, 0.1) is 25.9 Å². The number of ether oxygens (including phenoxy) is 3. The fourth-order valence-electron chi connectivity index (χ4n) is 1.98. The van der Waals surface area contributed by atoms with Crippen LogP contribution in [0.1, 0.15) is 19.4 Å². The Morgan fingerprint density at radius 1 is 1.00 bits per heavy atom. The number of aliphatic hydroxyl groups excluding tert-OH is 2. The number of benzene rings is 1. The third-order valence-corrected chi connectivity index (χ3v) is 3.34. The zero-order valence-electron chi connectivity index (χ0n) is 14.9. The number of rotatable bonds is 13. The van der Waals surface area contributed by atoms with Crippen LogP contribution in [0.4, 0.5) is 0 Å². The third kappa shape index (κ3) is 9.85. The summed E-state index contributed by atoms with van der Waals surface area (Å²) in [6.45, 7) is 5.65. The molecule has 138 valence electrons.